The van der Waals surface area contributed by atoms with Gasteiger partial charge in [0.05, 0.1) is 0 Å². The molecular weight excluding hydrogens is 361 g/mol. The molecule has 0 amide bonds. The first-order valence-electron chi connectivity index (χ1n) is 8.78. The molecule has 0 radical (unpaired) electrons. The molecule has 0 atom stereocenters. The molecule has 3 aromatic carbocycles. The maximum atomic E-state index is 16.9. The minimum atomic E-state index is -4.09. The monoisotopic (exact) mass is 382 g/mol. The van der Waals surface area contributed by atoms with Gasteiger partial charge < -0.3 is 0 Å². The first-order chi connectivity index (χ1) is 12.9. The van der Waals surface area contributed by atoms with Crippen LogP contribution in [0.4, 0.5) is 12.9 Å². The van der Waals surface area contributed by atoms with Gasteiger partial charge in [-0.3, -0.25) is 4.11 Å². The Labute approximate surface area is 159 Å². The van der Waals surface area contributed by atoms with E-state index in [0.29, 0.717) is 15.9 Å². The van der Waals surface area contributed by atoms with Crippen LogP contribution in [0.3, 0.4) is 0 Å². The van der Waals surface area contributed by atoms with Crippen LogP contribution in [0.25, 0.3) is 0 Å². The second-order valence-corrected chi connectivity index (χ2v) is 9.78. The smallest absolute Gasteiger partial charge is 0.296 e. The lowest BCUT2D eigenvalue weighted by atomic mass is 10.0. The van der Waals surface area contributed by atoms with Gasteiger partial charge in [-0.1, -0.05) is 97.1 Å². The zero-order valence-corrected chi connectivity index (χ0v) is 16.1. The highest BCUT2D eigenvalue weighted by atomic mass is 28.4. The molecule has 27 heavy (non-hydrogen) atoms. The van der Waals surface area contributed by atoms with Crippen LogP contribution in [0.5, 0.6) is 0 Å². The third-order valence-corrected chi connectivity index (χ3v) is 8.00. The molecule has 3 rings (SSSR count). The van der Waals surface area contributed by atoms with Gasteiger partial charge in [0.15, 0.2) is 0 Å². The van der Waals surface area contributed by atoms with Gasteiger partial charge in [-0.15, -0.1) is 0 Å². The number of alkyl halides is 2. The molecule has 0 heterocycles. The number of allylic oxidation sites excluding steroid dienone is 1. The van der Waals surface area contributed by atoms with Crippen molar-refractivity contribution < 1.29 is 12.9 Å². The van der Waals surface area contributed by atoms with Gasteiger partial charge in [0.2, 0.25) is 0 Å². The zero-order valence-electron chi connectivity index (χ0n) is 15.1. The molecule has 0 aromatic heterocycles. The zero-order chi connectivity index (χ0) is 19.5. The Hall–Kier alpha value is -2.59. The van der Waals surface area contributed by atoms with E-state index in [9.17, 15) is 0 Å². The summed E-state index contributed by atoms with van der Waals surface area (Å²) >= 11 is 0. The molecule has 0 aliphatic carbocycles. The van der Waals surface area contributed by atoms with Crippen molar-refractivity contribution in [2.45, 2.75) is 19.3 Å². The molecule has 0 N–H and O–H groups in total. The molecule has 0 unspecified atom stereocenters. The molecule has 0 nitrogen and oxygen atoms in total. The fraction of sp³-hybridized carbons (Fsp3) is 0.130. The summed E-state index contributed by atoms with van der Waals surface area (Å²) in [6.45, 7) is 5.17. The first kappa shape index (κ1) is 19.2. The minimum Gasteiger partial charge on any atom is -0.296 e. The van der Waals surface area contributed by atoms with Gasteiger partial charge in [0.1, 0.15) is 0 Å². The Bertz CT molecular complexity index is 881. The van der Waals surface area contributed by atoms with Crippen LogP contribution >= 0.6 is 0 Å². The van der Waals surface area contributed by atoms with E-state index in [2.05, 4.69) is 6.58 Å². The van der Waals surface area contributed by atoms with Crippen LogP contribution in [0.1, 0.15) is 18.9 Å². The molecule has 0 aliphatic rings. The van der Waals surface area contributed by atoms with E-state index in [4.69, 9.17) is 0 Å². The molecule has 0 aliphatic heterocycles. The third-order valence-electron chi connectivity index (χ3n) is 4.56. The van der Waals surface area contributed by atoms with Crippen molar-refractivity contribution in [1.29, 1.82) is 0 Å². The maximum Gasteiger partial charge on any atom is 0.339 e. The van der Waals surface area contributed by atoms with Gasteiger partial charge in [-0.05, 0) is 22.5 Å². The van der Waals surface area contributed by atoms with Crippen LogP contribution in [-0.2, 0) is 5.92 Å². The van der Waals surface area contributed by atoms with Crippen LogP contribution in [0.15, 0.2) is 97.1 Å². The van der Waals surface area contributed by atoms with E-state index in [1.165, 1.54) is 18.2 Å². The lowest BCUT2D eigenvalue weighted by molar-refractivity contribution is -0.00263. The molecule has 3 aromatic rings. The number of benzene rings is 3. The quantitative estimate of drug-likeness (QED) is 0.251. The predicted octanol–water partition coefficient (Wildman–Crippen LogP) is 4.68. The van der Waals surface area contributed by atoms with Crippen molar-refractivity contribution >= 4 is 24.0 Å². The van der Waals surface area contributed by atoms with Crippen molar-refractivity contribution in [3.05, 3.63) is 103 Å². The summed E-state index contributed by atoms with van der Waals surface area (Å²) in [6, 6.07) is 23.3. The molecule has 0 spiro atoms. The van der Waals surface area contributed by atoms with Crippen LogP contribution < -0.4 is 15.6 Å². The normalized spacial score (nSPS) is 12.0. The number of rotatable bonds is 6. The van der Waals surface area contributed by atoms with E-state index in [0.717, 1.165) is 0 Å². The second kappa shape index (κ2) is 7.57. The number of hydrogen-bond donors (Lipinski definition) is 0. The topological polar surface area (TPSA) is 0 Å². The van der Waals surface area contributed by atoms with E-state index in [1.807, 2.05) is 0 Å². The Balaban J connectivity index is 2.29. The van der Waals surface area contributed by atoms with Crippen LogP contribution in [-0.4, -0.2) is 8.41 Å². The van der Waals surface area contributed by atoms with Gasteiger partial charge in [-0.25, -0.2) is 8.78 Å². The summed E-state index contributed by atoms with van der Waals surface area (Å²) in [4.78, 5) is 0. The van der Waals surface area contributed by atoms with Gasteiger partial charge in [-0.2, -0.15) is 0 Å². The highest BCUT2D eigenvalue weighted by molar-refractivity contribution is 7.06. The van der Waals surface area contributed by atoms with E-state index < -0.39 is 20.8 Å². The van der Waals surface area contributed by atoms with Crippen molar-refractivity contribution in [3.8, 4) is 0 Å². The Morgan fingerprint density at radius 1 is 0.815 bits per heavy atom. The predicted molar refractivity (Wildman–Crippen MR) is 108 cm³/mol. The van der Waals surface area contributed by atoms with Crippen LogP contribution in [0.2, 0.25) is 0 Å². The van der Waals surface area contributed by atoms with E-state index >= 15 is 12.9 Å². The molecule has 138 valence electrons. The summed E-state index contributed by atoms with van der Waals surface area (Å²) in [7, 11) is -4.09. The van der Waals surface area contributed by atoms with E-state index in [-0.39, 0.29) is 10.8 Å². The summed E-state index contributed by atoms with van der Waals surface area (Å²) in [5, 5.41) is 0.998. The first-order valence-corrected chi connectivity index (χ1v) is 10.7. The Morgan fingerprint density at radius 2 is 1.26 bits per heavy atom. The Kier molecular flexibility index (Phi) is 5.37. The SMILES string of the molecule is C=C(C)CC(F)(F)c1ccccc1[Si](F)(c1ccccc1)c1ccccc1. The average Bonchev–Trinajstić information content (AvgIpc) is 2.68. The van der Waals surface area contributed by atoms with Gasteiger partial charge in [0.25, 0.3) is 5.92 Å². The standard InChI is InChI=1S/C23H21F3Si/c1-18(2)17-23(24,25)21-15-9-10-16-22(21)27(26,19-11-5-3-6-12-19)20-13-7-4-8-14-20/h3-16H,1,17H2,2H3. The minimum absolute atomic E-state index is 0.0913. The summed E-state index contributed by atoms with van der Waals surface area (Å²) in [5.74, 6) is -3.18. The van der Waals surface area contributed by atoms with Gasteiger partial charge in [0, 0.05) is 12.0 Å². The van der Waals surface area contributed by atoms with Crippen molar-refractivity contribution in [3.63, 3.8) is 0 Å². The van der Waals surface area contributed by atoms with E-state index in [1.54, 1.807) is 73.7 Å². The van der Waals surface area contributed by atoms with Gasteiger partial charge >= 0.3 is 8.41 Å². The third kappa shape index (κ3) is 3.76. The molecule has 0 saturated heterocycles. The molecular formula is C23H21F3Si. The summed E-state index contributed by atoms with van der Waals surface area (Å²) < 4.78 is 46.9. The number of hydrogen-bond acceptors (Lipinski definition) is 0. The highest BCUT2D eigenvalue weighted by Gasteiger charge is 2.47. The fourth-order valence-electron chi connectivity index (χ4n) is 3.39. The van der Waals surface area contributed by atoms with Crippen molar-refractivity contribution in [2.24, 2.45) is 0 Å². The number of halogens is 3. The lowest BCUT2D eigenvalue weighted by Crippen LogP contribution is -2.65. The molecule has 4 heteroatoms. The fourth-order valence-corrected chi connectivity index (χ4v) is 6.61. The summed E-state index contributed by atoms with van der Waals surface area (Å²) in [5.41, 5.74) is 0.107. The summed E-state index contributed by atoms with van der Waals surface area (Å²) in [6.07, 6.45) is -0.502. The van der Waals surface area contributed by atoms with Crippen LogP contribution in [0, 0.1) is 0 Å². The van der Waals surface area contributed by atoms with Crippen molar-refractivity contribution in [2.75, 3.05) is 0 Å². The molecule has 0 bridgehead atoms. The van der Waals surface area contributed by atoms with Crippen molar-refractivity contribution in [1.82, 2.24) is 0 Å². The lowest BCUT2D eigenvalue weighted by Gasteiger charge is -2.29. The average molecular weight is 383 g/mol. The molecule has 0 fully saturated rings. The Morgan fingerprint density at radius 3 is 1.74 bits per heavy atom. The second-order valence-electron chi connectivity index (χ2n) is 6.77. The largest absolute Gasteiger partial charge is 0.339 e. The maximum absolute atomic E-state index is 16.9. The highest BCUT2D eigenvalue weighted by Crippen LogP contribution is 2.34. The molecule has 0 saturated carbocycles.